The summed E-state index contributed by atoms with van der Waals surface area (Å²) in [5.41, 5.74) is 5.14. The van der Waals surface area contributed by atoms with Gasteiger partial charge in [0.2, 0.25) is 0 Å². The topological polar surface area (TPSA) is 66.2 Å². The Morgan fingerprint density at radius 3 is 1.08 bits per heavy atom. The van der Waals surface area contributed by atoms with Gasteiger partial charge in [0, 0.05) is 11.1 Å². The molecule has 0 aliphatic carbocycles. The highest BCUT2D eigenvalue weighted by atomic mass is 32.1. The van der Waals surface area contributed by atoms with Crippen LogP contribution >= 0.6 is 22.7 Å². The first kappa shape index (κ1) is 28.6. The van der Waals surface area contributed by atoms with Crippen LogP contribution in [0.3, 0.4) is 0 Å². The number of aromatic hydroxyl groups is 2. The van der Waals surface area contributed by atoms with Crippen molar-refractivity contribution >= 4 is 32.3 Å². The number of fused-ring (bicyclic) bond motifs is 1. The number of phenols is 2. The van der Waals surface area contributed by atoms with Gasteiger partial charge < -0.3 is 10.2 Å². The van der Waals surface area contributed by atoms with Crippen LogP contribution in [0.1, 0.15) is 105 Å². The van der Waals surface area contributed by atoms with Crippen molar-refractivity contribution < 1.29 is 10.2 Å². The first-order valence-electron chi connectivity index (χ1n) is 13.2. The molecule has 0 saturated carbocycles. The van der Waals surface area contributed by atoms with Crippen molar-refractivity contribution in [3.05, 3.63) is 46.5 Å². The summed E-state index contributed by atoms with van der Waals surface area (Å²) in [6, 6.07) is 8.40. The lowest BCUT2D eigenvalue weighted by Gasteiger charge is -2.27. The quantitative estimate of drug-likeness (QED) is 0.261. The largest absolute Gasteiger partial charge is 0.507 e. The van der Waals surface area contributed by atoms with E-state index in [0.29, 0.717) is 0 Å². The van der Waals surface area contributed by atoms with Crippen LogP contribution in [0.15, 0.2) is 24.3 Å². The van der Waals surface area contributed by atoms with Gasteiger partial charge in [-0.05, 0) is 44.9 Å². The summed E-state index contributed by atoms with van der Waals surface area (Å²) in [6.07, 6.45) is 0. The molecule has 4 nitrogen and oxygen atoms in total. The SMILES string of the molecule is CC(C)(C)c1cc(-c2nc3sc(-c4cc(C(C)(C)C)cc(C(C)(C)C)c4O)nc3s2)c(O)c(C(C)(C)C)c1. The van der Waals surface area contributed by atoms with E-state index in [1.807, 2.05) is 0 Å². The van der Waals surface area contributed by atoms with E-state index < -0.39 is 0 Å². The maximum absolute atomic E-state index is 11.3. The molecular formula is C32H42N2O2S2. The molecule has 0 atom stereocenters. The van der Waals surface area contributed by atoms with Crippen molar-refractivity contribution in [1.29, 1.82) is 0 Å². The highest BCUT2D eigenvalue weighted by Gasteiger charge is 2.29. The van der Waals surface area contributed by atoms with Gasteiger partial charge in [0.25, 0.3) is 0 Å². The Hall–Kier alpha value is -2.44. The fourth-order valence-corrected chi connectivity index (χ4v) is 6.55. The second kappa shape index (κ2) is 9.06. The van der Waals surface area contributed by atoms with Crippen molar-refractivity contribution in [2.75, 3.05) is 0 Å². The number of hydrogen-bond acceptors (Lipinski definition) is 6. The molecule has 0 bridgehead atoms. The molecule has 2 aromatic heterocycles. The van der Waals surface area contributed by atoms with Crippen molar-refractivity contribution in [2.45, 2.75) is 105 Å². The van der Waals surface area contributed by atoms with Gasteiger partial charge in [-0.2, -0.15) is 0 Å². The standard InChI is InChI=1S/C32H42N2O2S2/c1-29(2,3)17-13-19(23(35)21(15-17)31(7,8)9)25-33-27-28(37-25)34-26(38-27)20-14-18(30(4,5)6)16-22(24(20)36)32(10,11)12/h13-16,35-36H,1-12H3. The highest BCUT2D eigenvalue weighted by molar-refractivity contribution is 7.29. The number of aromatic nitrogens is 2. The Kier molecular flexibility index (Phi) is 6.81. The van der Waals surface area contributed by atoms with Gasteiger partial charge in [-0.25, -0.2) is 9.97 Å². The zero-order valence-corrected chi connectivity index (χ0v) is 26.5. The summed E-state index contributed by atoms with van der Waals surface area (Å²) in [5, 5.41) is 24.2. The van der Waals surface area contributed by atoms with Crippen LogP contribution in [0.2, 0.25) is 0 Å². The number of phenolic OH excluding ortho intramolecular Hbond substituents is 2. The van der Waals surface area contributed by atoms with Gasteiger partial charge in [-0.1, -0.05) is 118 Å². The number of nitrogens with zero attached hydrogens (tertiary/aromatic N) is 2. The maximum atomic E-state index is 11.3. The predicted molar refractivity (Wildman–Crippen MR) is 164 cm³/mol. The summed E-state index contributed by atoms with van der Waals surface area (Å²) in [6.45, 7) is 25.9. The van der Waals surface area contributed by atoms with E-state index in [9.17, 15) is 10.2 Å². The number of hydrogen-bond donors (Lipinski definition) is 2. The van der Waals surface area contributed by atoms with Crippen LogP contribution < -0.4 is 0 Å². The molecule has 4 aromatic rings. The molecule has 2 heterocycles. The predicted octanol–water partition coefficient (Wildman–Crippen LogP) is 9.69. The van der Waals surface area contributed by atoms with Crippen molar-refractivity contribution in [3.63, 3.8) is 0 Å². The van der Waals surface area contributed by atoms with E-state index in [4.69, 9.17) is 9.97 Å². The van der Waals surface area contributed by atoms with Gasteiger partial charge in [-0.15, -0.1) is 0 Å². The van der Waals surface area contributed by atoms with Crippen LogP contribution in [0.4, 0.5) is 0 Å². The fraction of sp³-hybridized carbons (Fsp3) is 0.500. The maximum Gasteiger partial charge on any atom is 0.155 e. The molecule has 2 N–H and O–H groups in total. The molecule has 204 valence electrons. The molecule has 6 heteroatoms. The van der Waals surface area contributed by atoms with E-state index in [-0.39, 0.29) is 33.2 Å². The first-order chi connectivity index (χ1) is 17.2. The van der Waals surface area contributed by atoms with Crippen LogP contribution in [0.25, 0.3) is 30.8 Å². The Labute approximate surface area is 235 Å². The molecule has 2 aromatic carbocycles. The van der Waals surface area contributed by atoms with Crippen molar-refractivity contribution in [1.82, 2.24) is 9.97 Å². The molecule has 0 aliphatic rings. The Morgan fingerprint density at radius 2 is 0.816 bits per heavy atom. The fourth-order valence-electron chi connectivity index (χ4n) is 4.48. The Morgan fingerprint density at radius 1 is 0.500 bits per heavy atom. The Bertz CT molecular complexity index is 1370. The summed E-state index contributed by atoms with van der Waals surface area (Å²) in [4.78, 5) is 11.5. The third-order valence-electron chi connectivity index (χ3n) is 7.00. The monoisotopic (exact) mass is 550 g/mol. The minimum absolute atomic E-state index is 0.0666. The molecule has 0 radical (unpaired) electrons. The van der Waals surface area contributed by atoms with Crippen LogP contribution in [-0.4, -0.2) is 20.2 Å². The summed E-state index contributed by atoms with van der Waals surface area (Å²) in [5.74, 6) is 0.579. The molecule has 0 amide bonds. The van der Waals surface area contributed by atoms with Crippen LogP contribution in [0.5, 0.6) is 11.5 Å². The van der Waals surface area contributed by atoms with E-state index in [1.165, 1.54) is 33.8 Å². The van der Waals surface area contributed by atoms with E-state index in [1.54, 1.807) is 0 Å². The van der Waals surface area contributed by atoms with Crippen LogP contribution in [0, 0.1) is 0 Å². The molecule has 0 aliphatic heterocycles. The first-order valence-corrected chi connectivity index (χ1v) is 14.9. The second-order valence-corrected chi connectivity index (χ2v) is 16.4. The summed E-state index contributed by atoms with van der Waals surface area (Å²) < 4.78 is 0. The van der Waals surface area contributed by atoms with Crippen LogP contribution in [-0.2, 0) is 21.7 Å². The molecule has 38 heavy (non-hydrogen) atoms. The molecule has 0 unspecified atom stereocenters. The van der Waals surface area contributed by atoms with Gasteiger partial charge >= 0.3 is 0 Å². The molecule has 4 rings (SSSR count). The van der Waals surface area contributed by atoms with E-state index in [0.717, 1.165) is 41.9 Å². The molecule has 0 saturated heterocycles. The third kappa shape index (κ3) is 5.35. The van der Waals surface area contributed by atoms with E-state index >= 15 is 0 Å². The normalized spacial score (nSPS) is 13.5. The minimum Gasteiger partial charge on any atom is -0.507 e. The molecule has 0 fully saturated rings. The van der Waals surface area contributed by atoms with Gasteiger partial charge in [0.15, 0.2) is 9.66 Å². The zero-order valence-electron chi connectivity index (χ0n) is 24.9. The minimum atomic E-state index is -0.208. The highest BCUT2D eigenvalue weighted by Crippen LogP contribution is 2.47. The zero-order chi connectivity index (χ0) is 28.6. The average Bonchev–Trinajstić information content (AvgIpc) is 3.29. The van der Waals surface area contributed by atoms with Gasteiger partial charge in [-0.3, -0.25) is 0 Å². The summed E-state index contributed by atoms with van der Waals surface area (Å²) >= 11 is 2.98. The lowest BCUT2D eigenvalue weighted by Crippen LogP contribution is -2.17. The van der Waals surface area contributed by atoms with Gasteiger partial charge in [0.05, 0.1) is 11.1 Å². The van der Waals surface area contributed by atoms with E-state index in [2.05, 4.69) is 107 Å². The number of benzene rings is 2. The van der Waals surface area contributed by atoms with Gasteiger partial charge in [0.1, 0.15) is 21.5 Å². The van der Waals surface area contributed by atoms with Crippen molar-refractivity contribution in [3.8, 4) is 32.6 Å². The average molecular weight is 551 g/mol. The second-order valence-electron chi connectivity index (χ2n) is 14.5. The third-order valence-corrected chi connectivity index (χ3v) is 9.10. The molecular weight excluding hydrogens is 508 g/mol. The number of thiazole rings is 2. The smallest absolute Gasteiger partial charge is 0.155 e. The molecule has 0 spiro atoms. The number of rotatable bonds is 2. The van der Waals surface area contributed by atoms with Crippen molar-refractivity contribution in [2.24, 2.45) is 0 Å². The lowest BCUT2D eigenvalue weighted by atomic mass is 9.79. The lowest BCUT2D eigenvalue weighted by molar-refractivity contribution is 0.446. The summed E-state index contributed by atoms with van der Waals surface area (Å²) in [7, 11) is 0. The Balaban J connectivity index is 1.88.